The zero-order valence-electron chi connectivity index (χ0n) is 14.8. The van der Waals surface area contributed by atoms with E-state index in [1.807, 2.05) is 6.07 Å². The van der Waals surface area contributed by atoms with E-state index in [1.54, 1.807) is 42.5 Å². The van der Waals surface area contributed by atoms with Gasteiger partial charge in [-0.3, -0.25) is 9.69 Å². The summed E-state index contributed by atoms with van der Waals surface area (Å²) in [6, 6.07) is 15.0. The van der Waals surface area contributed by atoms with Crippen molar-refractivity contribution in [1.82, 2.24) is 9.62 Å². The molecule has 0 radical (unpaired) electrons. The molecule has 0 atom stereocenters. The number of nitrogens with one attached hydrogen (secondary N) is 1. The summed E-state index contributed by atoms with van der Waals surface area (Å²) in [7, 11) is -3.77. The summed E-state index contributed by atoms with van der Waals surface area (Å²) >= 11 is 0. The van der Waals surface area contributed by atoms with Crippen LogP contribution in [0, 0.1) is 0 Å². The molecule has 1 heterocycles. The fraction of sp³-hybridized carbons (Fsp3) is 0.316. The monoisotopic (exact) mass is 410 g/mol. The smallest absolute Gasteiger partial charge is 0.241 e. The van der Waals surface area contributed by atoms with Crippen LogP contribution in [0.3, 0.4) is 0 Å². The Morgan fingerprint density at radius 1 is 1.00 bits per heavy atom. The first-order chi connectivity index (χ1) is 12.6. The van der Waals surface area contributed by atoms with E-state index in [2.05, 4.69) is 9.62 Å². The summed E-state index contributed by atoms with van der Waals surface area (Å²) < 4.78 is 33.3. The molecule has 0 saturated carbocycles. The fourth-order valence-electron chi connectivity index (χ4n) is 2.87. The third kappa shape index (κ3) is 5.60. The third-order valence-corrected chi connectivity index (χ3v) is 5.80. The van der Waals surface area contributed by atoms with Crippen molar-refractivity contribution < 1.29 is 17.9 Å². The average molecular weight is 411 g/mol. The predicted octanol–water partition coefficient (Wildman–Crippen LogP) is 1.95. The molecule has 2 aromatic carbocycles. The van der Waals surface area contributed by atoms with Gasteiger partial charge in [0, 0.05) is 37.3 Å². The lowest BCUT2D eigenvalue weighted by atomic mass is 10.0. The van der Waals surface area contributed by atoms with Crippen LogP contribution in [0.25, 0.3) is 0 Å². The number of benzene rings is 2. The molecule has 27 heavy (non-hydrogen) atoms. The first kappa shape index (κ1) is 21.5. The molecule has 1 fully saturated rings. The molecule has 1 N–H and O–H groups in total. The van der Waals surface area contributed by atoms with Gasteiger partial charge in [-0.15, -0.1) is 12.4 Å². The van der Waals surface area contributed by atoms with Crippen LogP contribution in [0.5, 0.6) is 0 Å². The Balaban J connectivity index is 0.00000261. The SMILES string of the molecule is Cl.O=C(c1ccccc1)c1ccccc1S(=O)(=O)NCCN1CCOCC1. The van der Waals surface area contributed by atoms with Gasteiger partial charge in [0.1, 0.15) is 0 Å². The highest BCUT2D eigenvalue weighted by Crippen LogP contribution is 2.19. The molecular formula is C19H23ClN2O4S. The minimum absolute atomic E-state index is 0. The summed E-state index contributed by atoms with van der Waals surface area (Å²) in [5.74, 6) is -0.306. The van der Waals surface area contributed by atoms with Gasteiger partial charge in [0.25, 0.3) is 0 Å². The highest BCUT2D eigenvalue weighted by atomic mass is 35.5. The van der Waals surface area contributed by atoms with Crippen molar-refractivity contribution in [2.24, 2.45) is 0 Å². The van der Waals surface area contributed by atoms with Gasteiger partial charge in [-0.1, -0.05) is 42.5 Å². The Morgan fingerprint density at radius 3 is 2.33 bits per heavy atom. The number of sulfonamides is 1. The molecule has 3 rings (SSSR count). The molecule has 1 aliphatic rings. The Bertz CT molecular complexity index is 853. The van der Waals surface area contributed by atoms with E-state index in [9.17, 15) is 13.2 Å². The van der Waals surface area contributed by atoms with Crippen LogP contribution in [-0.2, 0) is 14.8 Å². The van der Waals surface area contributed by atoms with Crippen molar-refractivity contribution >= 4 is 28.2 Å². The van der Waals surface area contributed by atoms with Crippen LogP contribution in [-0.4, -0.2) is 58.5 Å². The first-order valence-corrected chi connectivity index (χ1v) is 10.0. The van der Waals surface area contributed by atoms with Crippen LogP contribution in [0.2, 0.25) is 0 Å². The van der Waals surface area contributed by atoms with Crippen LogP contribution in [0.1, 0.15) is 15.9 Å². The van der Waals surface area contributed by atoms with E-state index < -0.39 is 10.0 Å². The van der Waals surface area contributed by atoms with Crippen LogP contribution < -0.4 is 4.72 Å². The summed E-state index contributed by atoms with van der Waals surface area (Å²) in [5.41, 5.74) is 0.640. The number of hydrogen-bond acceptors (Lipinski definition) is 5. The van der Waals surface area contributed by atoms with Gasteiger partial charge in [-0.05, 0) is 12.1 Å². The maximum absolute atomic E-state index is 12.7. The highest BCUT2D eigenvalue weighted by Gasteiger charge is 2.23. The zero-order chi connectivity index (χ0) is 18.4. The predicted molar refractivity (Wildman–Crippen MR) is 106 cm³/mol. The number of carbonyl (C=O) groups excluding carboxylic acids is 1. The number of nitrogens with zero attached hydrogens (tertiary/aromatic N) is 1. The van der Waals surface area contributed by atoms with E-state index in [4.69, 9.17) is 4.74 Å². The van der Waals surface area contributed by atoms with Gasteiger partial charge in [-0.2, -0.15) is 0 Å². The van der Waals surface area contributed by atoms with Gasteiger partial charge in [0.15, 0.2) is 5.78 Å². The van der Waals surface area contributed by atoms with Gasteiger partial charge < -0.3 is 4.74 Å². The molecule has 146 valence electrons. The first-order valence-electron chi connectivity index (χ1n) is 8.56. The zero-order valence-corrected chi connectivity index (χ0v) is 16.5. The van der Waals surface area contributed by atoms with E-state index in [-0.39, 0.29) is 35.2 Å². The molecule has 0 aliphatic carbocycles. The molecule has 6 nitrogen and oxygen atoms in total. The average Bonchev–Trinajstić information content (AvgIpc) is 2.69. The number of carbonyl (C=O) groups is 1. The second-order valence-electron chi connectivity index (χ2n) is 6.04. The Morgan fingerprint density at radius 2 is 1.63 bits per heavy atom. The minimum atomic E-state index is -3.77. The number of ketones is 1. The quantitative estimate of drug-likeness (QED) is 0.706. The molecule has 1 aliphatic heterocycles. The molecule has 0 spiro atoms. The largest absolute Gasteiger partial charge is 0.379 e. The molecule has 1 saturated heterocycles. The number of morpholine rings is 1. The number of ether oxygens (including phenoxy) is 1. The lowest BCUT2D eigenvalue weighted by molar-refractivity contribution is 0.0390. The number of rotatable bonds is 7. The number of halogens is 1. The second-order valence-corrected chi connectivity index (χ2v) is 7.78. The lowest BCUT2D eigenvalue weighted by Gasteiger charge is -2.26. The lowest BCUT2D eigenvalue weighted by Crippen LogP contribution is -2.41. The molecular weight excluding hydrogens is 388 g/mol. The van der Waals surface area contributed by atoms with Crippen LogP contribution in [0.15, 0.2) is 59.5 Å². The highest BCUT2D eigenvalue weighted by molar-refractivity contribution is 7.89. The van der Waals surface area contributed by atoms with Crippen molar-refractivity contribution in [3.05, 3.63) is 65.7 Å². The summed E-state index contributed by atoms with van der Waals surface area (Å²) in [6.45, 7) is 3.82. The van der Waals surface area contributed by atoms with Gasteiger partial charge in [0.05, 0.1) is 18.1 Å². The van der Waals surface area contributed by atoms with Crippen molar-refractivity contribution in [3.8, 4) is 0 Å². The second kappa shape index (κ2) is 9.96. The summed E-state index contributed by atoms with van der Waals surface area (Å²) in [6.07, 6.45) is 0. The van der Waals surface area contributed by atoms with Crippen molar-refractivity contribution in [3.63, 3.8) is 0 Å². The van der Waals surface area contributed by atoms with Crippen molar-refractivity contribution in [2.45, 2.75) is 4.90 Å². The van der Waals surface area contributed by atoms with Gasteiger partial charge >= 0.3 is 0 Å². The maximum atomic E-state index is 12.7. The molecule has 2 aromatic rings. The summed E-state index contributed by atoms with van der Waals surface area (Å²) in [5, 5.41) is 0. The molecule has 0 aromatic heterocycles. The molecule has 0 bridgehead atoms. The minimum Gasteiger partial charge on any atom is -0.379 e. The molecule has 8 heteroatoms. The normalized spacial score (nSPS) is 15.1. The maximum Gasteiger partial charge on any atom is 0.241 e. The van der Waals surface area contributed by atoms with E-state index in [1.165, 1.54) is 6.07 Å². The third-order valence-electron chi connectivity index (χ3n) is 4.28. The fourth-order valence-corrected chi connectivity index (χ4v) is 4.10. The Kier molecular flexibility index (Phi) is 7.94. The Hall–Kier alpha value is -1.77. The van der Waals surface area contributed by atoms with Gasteiger partial charge in [0.2, 0.25) is 10.0 Å². The Labute approximate surface area is 166 Å². The van der Waals surface area contributed by atoms with Gasteiger partial charge in [-0.25, -0.2) is 13.1 Å². The van der Waals surface area contributed by atoms with Crippen molar-refractivity contribution in [2.75, 3.05) is 39.4 Å². The van der Waals surface area contributed by atoms with E-state index in [0.29, 0.717) is 25.3 Å². The van der Waals surface area contributed by atoms with Crippen LogP contribution in [0.4, 0.5) is 0 Å². The molecule has 0 amide bonds. The number of hydrogen-bond donors (Lipinski definition) is 1. The van der Waals surface area contributed by atoms with E-state index >= 15 is 0 Å². The van der Waals surface area contributed by atoms with Crippen LogP contribution >= 0.6 is 12.4 Å². The summed E-state index contributed by atoms with van der Waals surface area (Å²) in [4.78, 5) is 14.9. The van der Waals surface area contributed by atoms with Crippen molar-refractivity contribution in [1.29, 1.82) is 0 Å². The molecule has 0 unspecified atom stereocenters. The van der Waals surface area contributed by atoms with E-state index in [0.717, 1.165) is 13.1 Å². The topological polar surface area (TPSA) is 75.7 Å². The standard InChI is InChI=1S/C19H22N2O4S.ClH/c22-19(16-6-2-1-3-7-16)17-8-4-5-9-18(17)26(23,24)20-10-11-21-12-14-25-15-13-21;/h1-9,20H,10-15H2;1H.